The number of ether oxygens (including phenoxy) is 1. The van der Waals surface area contributed by atoms with Gasteiger partial charge in [0, 0.05) is 56.7 Å². The number of likely N-dealkylation sites (N-methyl/N-ethyl adjacent to an activating group) is 1. The Morgan fingerprint density at radius 3 is 2.52 bits per heavy atom. The summed E-state index contributed by atoms with van der Waals surface area (Å²) in [5.74, 6) is -0.629. The lowest BCUT2D eigenvalue weighted by Gasteiger charge is -2.30. The third-order valence-corrected chi connectivity index (χ3v) is 6.00. The molecule has 0 radical (unpaired) electrons. The van der Waals surface area contributed by atoms with E-state index in [0.29, 0.717) is 43.9 Å². The minimum absolute atomic E-state index is 0.0611. The normalized spacial score (nSPS) is 19.2. The highest BCUT2D eigenvalue weighted by molar-refractivity contribution is 5.79. The van der Waals surface area contributed by atoms with Crippen molar-refractivity contribution in [2.24, 2.45) is 11.8 Å². The molecule has 2 fully saturated rings. The fraction of sp³-hybridized carbons (Fsp3) is 0.591. The van der Waals surface area contributed by atoms with Gasteiger partial charge in [0.15, 0.2) is 17.5 Å². The van der Waals surface area contributed by atoms with Crippen LogP contribution in [0.4, 0.5) is 14.6 Å². The minimum atomic E-state index is -0.962. The van der Waals surface area contributed by atoms with E-state index in [1.54, 1.807) is 0 Å². The van der Waals surface area contributed by atoms with Crippen LogP contribution in [0, 0.1) is 23.5 Å². The van der Waals surface area contributed by atoms with E-state index in [9.17, 15) is 13.6 Å². The Hall–Kier alpha value is -2.55. The van der Waals surface area contributed by atoms with Crippen LogP contribution in [0.25, 0.3) is 11.0 Å². The molecule has 1 atom stereocenters. The highest BCUT2D eigenvalue weighted by atomic mass is 19.2. The van der Waals surface area contributed by atoms with Gasteiger partial charge in [-0.15, -0.1) is 0 Å². The van der Waals surface area contributed by atoms with E-state index in [2.05, 4.69) is 15.3 Å². The number of amides is 1. The van der Waals surface area contributed by atoms with Crippen molar-refractivity contribution in [1.82, 2.24) is 20.2 Å². The van der Waals surface area contributed by atoms with Gasteiger partial charge < -0.3 is 19.9 Å². The number of nitrogens with one attached hydrogen (secondary N) is 1. The summed E-state index contributed by atoms with van der Waals surface area (Å²) in [5, 5.41) is 3.20. The van der Waals surface area contributed by atoms with E-state index in [1.807, 2.05) is 30.6 Å². The number of rotatable bonds is 7. The third-order valence-electron chi connectivity index (χ3n) is 6.00. The summed E-state index contributed by atoms with van der Waals surface area (Å²) in [6.45, 7) is 9.94. The molecule has 168 valence electrons. The predicted octanol–water partition coefficient (Wildman–Crippen LogP) is 2.59. The molecule has 2 saturated heterocycles. The van der Waals surface area contributed by atoms with Crippen LogP contribution in [-0.4, -0.2) is 66.1 Å². The molecule has 0 unspecified atom stereocenters. The number of nitrogens with zero attached hydrogens (tertiary/aromatic N) is 4. The van der Waals surface area contributed by atoms with Crippen LogP contribution >= 0.6 is 0 Å². The second-order valence-corrected chi connectivity index (χ2v) is 8.61. The lowest BCUT2D eigenvalue weighted by Crippen LogP contribution is -2.45. The van der Waals surface area contributed by atoms with Gasteiger partial charge in [0.25, 0.3) is 5.88 Å². The Morgan fingerprint density at radius 2 is 1.94 bits per heavy atom. The van der Waals surface area contributed by atoms with Crippen molar-refractivity contribution in [1.29, 1.82) is 0 Å². The SMILES string of the molecule is CCN(C(=O)C(C)C)[C@H]1CCN(c2nc3cc(F)c(F)cc3nc2OCC2CNC2)C1. The van der Waals surface area contributed by atoms with Crippen LogP contribution < -0.4 is 15.0 Å². The maximum absolute atomic E-state index is 13.8. The van der Waals surface area contributed by atoms with Crippen molar-refractivity contribution in [2.45, 2.75) is 33.2 Å². The largest absolute Gasteiger partial charge is 0.475 e. The van der Waals surface area contributed by atoms with E-state index in [1.165, 1.54) is 0 Å². The van der Waals surface area contributed by atoms with Gasteiger partial charge in [-0.1, -0.05) is 13.8 Å². The van der Waals surface area contributed by atoms with Gasteiger partial charge in [-0.2, -0.15) is 0 Å². The molecular weight excluding hydrogens is 404 g/mol. The standard InChI is InChI=1S/C22H29F2N5O2/c1-4-29(22(30)13(2)3)15-5-6-28(11-15)20-21(31-12-14-9-25-10-14)27-19-8-17(24)16(23)7-18(19)26-20/h7-8,13-15,25H,4-6,9-12H2,1-3H3/t15-/m0/s1. The van der Waals surface area contributed by atoms with Crippen molar-refractivity contribution in [3.05, 3.63) is 23.8 Å². The molecule has 9 heteroatoms. The number of anilines is 1. The van der Waals surface area contributed by atoms with Crippen LogP contribution in [0.3, 0.4) is 0 Å². The average Bonchev–Trinajstić information content (AvgIpc) is 3.17. The molecule has 1 amide bonds. The molecule has 2 aliphatic rings. The monoisotopic (exact) mass is 433 g/mol. The summed E-state index contributed by atoms with van der Waals surface area (Å²) in [6, 6.07) is 2.17. The van der Waals surface area contributed by atoms with Crippen molar-refractivity contribution >= 4 is 22.8 Å². The highest BCUT2D eigenvalue weighted by Gasteiger charge is 2.33. The number of hydrogen-bond acceptors (Lipinski definition) is 6. The maximum Gasteiger partial charge on any atom is 0.258 e. The van der Waals surface area contributed by atoms with E-state index in [-0.39, 0.29) is 28.9 Å². The van der Waals surface area contributed by atoms with Gasteiger partial charge in [0.05, 0.1) is 23.7 Å². The highest BCUT2D eigenvalue weighted by Crippen LogP contribution is 2.32. The quantitative estimate of drug-likeness (QED) is 0.724. The summed E-state index contributed by atoms with van der Waals surface area (Å²) in [7, 11) is 0. The summed E-state index contributed by atoms with van der Waals surface area (Å²) in [5.41, 5.74) is 0.533. The van der Waals surface area contributed by atoms with Crippen LogP contribution in [0.1, 0.15) is 27.2 Å². The fourth-order valence-corrected chi connectivity index (χ4v) is 4.11. The zero-order valence-corrected chi connectivity index (χ0v) is 18.2. The molecule has 4 rings (SSSR count). The second-order valence-electron chi connectivity index (χ2n) is 8.61. The molecule has 1 aromatic heterocycles. The molecule has 0 aliphatic carbocycles. The number of carbonyl (C=O) groups excluding carboxylic acids is 1. The van der Waals surface area contributed by atoms with E-state index >= 15 is 0 Å². The number of fused-ring (bicyclic) bond motifs is 1. The number of aromatic nitrogens is 2. The zero-order valence-electron chi connectivity index (χ0n) is 18.2. The van der Waals surface area contributed by atoms with Crippen LogP contribution in [0.2, 0.25) is 0 Å². The van der Waals surface area contributed by atoms with Crippen LogP contribution in [0.15, 0.2) is 12.1 Å². The van der Waals surface area contributed by atoms with Crippen molar-refractivity contribution < 1.29 is 18.3 Å². The first-order valence-electron chi connectivity index (χ1n) is 10.9. The zero-order chi connectivity index (χ0) is 22.1. The molecule has 31 heavy (non-hydrogen) atoms. The minimum Gasteiger partial charge on any atom is -0.475 e. The Balaban J connectivity index is 1.62. The number of benzene rings is 1. The first kappa shape index (κ1) is 21.7. The molecule has 3 heterocycles. The molecule has 2 aromatic rings. The predicted molar refractivity (Wildman–Crippen MR) is 114 cm³/mol. The Morgan fingerprint density at radius 1 is 1.26 bits per heavy atom. The Bertz CT molecular complexity index is 967. The van der Waals surface area contributed by atoms with Crippen LogP contribution in [0.5, 0.6) is 5.88 Å². The van der Waals surface area contributed by atoms with Crippen LogP contribution in [-0.2, 0) is 4.79 Å². The first-order chi connectivity index (χ1) is 14.9. The number of halogens is 2. The molecule has 2 aliphatic heterocycles. The summed E-state index contributed by atoms with van der Waals surface area (Å²) >= 11 is 0. The molecule has 7 nitrogen and oxygen atoms in total. The molecule has 0 saturated carbocycles. The van der Waals surface area contributed by atoms with E-state index < -0.39 is 11.6 Å². The maximum atomic E-state index is 13.8. The Kier molecular flexibility index (Phi) is 6.22. The molecular formula is C22H29F2N5O2. The summed E-state index contributed by atoms with van der Waals surface area (Å²) in [4.78, 5) is 25.6. The lowest BCUT2D eigenvalue weighted by atomic mass is 10.1. The Labute approximate surface area is 180 Å². The van der Waals surface area contributed by atoms with Crippen molar-refractivity contribution in [2.75, 3.05) is 44.2 Å². The summed E-state index contributed by atoms with van der Waals surface area (Å²) in [6.07, 6.45) is 0.801. The van der Waals surface area contributed by atoms with Crippen molar-refractivity contribution in [3.8, 4) is 5.88 Å². The van der Waals surface area contributed by atoms with E-state index in [4.69, 9.17) is 4.74 Å². The smallest absolute Gasteiger partial charge is 0.258 e. The van der Waals surface area contributed by atoms with Gasteiger partial charge in [-0.3, -0.25) is 4.79 Å². The first-order valence-corrected chi connectivity index (χ1v) is 10.9. The van der Waals surface area contributed by atoms with Gasteiger partial charge in [0.2, 0.25) is 5.91 Å². The summed E-state index contributed by atoms with van der Waals surface area (Å²) < 4.78 is 33.5. The molecule has 1 aromatic carbocycles. The van der Waals surface area contributed by atoms with Crippen molar-refractivity contribution in [3.63, 3.8) is 0 Å². The third kappa shape index (κ3) is 4.42. The van der Waals surface area contributed by atoms with Gasteiger partial charge in [-0.05, 0) is 13.3 Å². The second kappa shape index (κ2) is 8.90. The molecule has 0 spiro atoms. The number of hydrogen-bond donors (Lipinski definition) is 1. The lowest BCUT2D eigenvalue weighted by molar-refractivity contribution is -0.136. The molecule has 0 bridgehead atoms. The van der Waals surface area contributed by atoms with Gasteiger partial charge in [-0.25, -0.2) is 18.7 Å². The fourth-order valence-electron chi connectivity index (χ4n) is 4.11. The topological polar surface area (TPSA) is 70.6 Å². The van der Waals surface area contributed by atoms with E-state index in [0.717, 1.165) is 31.6 Å². The number of carbonyl (C=O) groups is 1. The molecule has 1 N–H and O–H groups in total. The van der Waals surface area contributed by atoms with Gasteiger partial charge >= 0.3 is 0 Å². The van der Waals surface area contributed by atoms with Gasteiger partial charge in [0.1, 0.15) is 0 Å². The average molecular weight is 434 g/mol.